The average molecular weight is 239 g/mol. The molecule has 1 N–H and O–H groups in total. The van der Waals surface area contributed by atoms with Crippen molar-refractivity contribution in [3.05, 3.63) is 0 Å². The molecule has 1 aliphatic carbocycles. The first kappa shape index (κ1) is 13.4. The summed E-state index contributed by atoms with van der Waals surface area (Å²) in [7, 11) is 0. The van der Waals surface area contributed by atoms with Crippen LogP contribution in [0.15, 0.2) is 0 Å². The minimum atomic E-state index is 0.122. The zero-order valence-corrected chi connectivity index (χ0v) is 11.8. The second kappa shape index (κ2) is 5.27. The normalized spacial score (nSPS) is 30.9. The summed E-state index contributed by atoms with van der Waals surface area (Å²) >= 11 is 0. The minimum absolute atomic E-state index is 0.122. The van der Waals surface area contributed by atoms with E-state index in [9.17, 15) is 0 Å². The van der Waals surface area contributed by atoms with Crippen molar-refractivity contribution in [2.75, 3.05) is 13.2 Å². The van der Waals surface area contributed by atoms with Crippen molar-refractivity contribution < 1.29 is 4.74 Å². The predicted molar refractivity (Wildman–Crippen MR) is 72.2 cm³/mol. The molecule has 1 aliphatic heterocycles. The highest BCUT2D eigenvalue weighted by atomic mass is 16.5. The third-order valence-electron chi connectivity index (χ3n) is 4.43. The van der Waals surface area contributed by atoms with E-state index in [2.05, 4.69) is 26.1 Å². The van der Waals surface area contributed by atoms with Gasteiger partial charge >= 0.3 is 0 Å². The fourth-order valence-electron chi connectivity index (χ4n) is 3.76. The van der Waals surface area contributed by atoms with Gasteiger partial charge in [-0.2, -0.15) is 0 Å². The van der Waals surface area contributed by atoms with Crippen molar-refractivity contribution in [1.82, 2.24) is 5.32 Å². The van der Waals surface area contributed by atoms with Crippen molar-refractivity contribution in [2.45, 2.75) is 77.4 Å². The summed E-state index contributed by atoms with van der Waals surface area (Å²) in [6, 6.07) is 0.516. The molecule has 0 aromatic carbocycles. The third kappa shape index (κ3) is 3.03. The molecule has 0 aromatic rings. The van der Waals surface area contributed by atoms with Gasteiger partial charge in [0.05, 0.1) is 12.2 Å². The highest BCUT2D eigenvalue weighted by molar-refractivity contribution is 5.01. The summed E-state index contributed by atoms with van der Waals surface area (Å²) in [6.07, 6.45) is 9.39. The summed E-state index contributed by atoms with van der Waals surface area (Å²) < 4.78 is 6.32. The molecule has 2 heteroatoms. The molecular weight excluding hydrogens is 210 g/mol. The molecule has 1 spiro atoms. The van der Waals surface area contributed by atoms with Crippen molar-refractivity contribution in [3.8, 4) is 0 Å². The Bertz CT molecular complexity index is 236. The van der Waals surface area contributed by atoms with Crippen LogP contribution in [0.4, 0.5) is 0 Å². The quantitative estimate of drug-likeness (QED) is 0.698. The molecule has 1 heterocycles. The van der Waals surface area contributed by atoms with Gasteiger partial charge in [0.25, 0.3) is 0 Å². The lowest BCUT2D eigenvalue weighted by Crippen LogP contribution is -2.63. The van der Waals surface area contributed by atoms with Gasteiger partial charge in [-0.15, -0.1) is 0 Å². The first-order chi connectivity index (χ1) is 8.05. The molecule has 1 saturated heterocycles. The van der Waals surface area contributed by atoms with Gasteiger partial charge < -0.3 is 10.1 Å². The topological polar surface area (TPSA) is 21.3 Å². The fraction of sp³-hybridized carbons (Fsp3) is 1.00. The molecule has 1 saturated carbocycles. The third-order valence-corrected chi connectivity index (χ3v) is 4.43. The summed E-state index contributed by atoms with van der Waals surface area (Å²) in [5.74, 6) is 0. The van der Waals surface area contributed by atoms with Crippen molar-refractivity contribution in [3.63, 3.8) is 0 Å². The van der Waals surface area contributed by atoms with Crippen LogP contribution in [0, 0.1) is 5.41 Å². The predicted octanol–water partition coefficient (Wildman–Crippen LogP) is 3.50. The van der Waals surface area contributed by atoms with Crippen LogP contribution < -0.4 is 5.32 Å². The fourth-order valence-corrected chi connectivity index (χ4v) is 3.76. The van der Waals surface area contributed by atoms with E-state index in [1.54, 1.807) is 0 Å². The standard InChI is InChI=1S/C15H29NO/c1-14(2,3)13-15(17-12-11-16-13)9-7-5-4-6-8-10-15/h13,16H,4-12H2,1-3H3. The molecule has 2 aliphatic rings. The summed E-state index contributed by atoms with van der Waals surface area (Å²) in [5, 5.41) is 3.74. The van der Waals surface area contributed by atoms with Gasteiger partial charge in [-0.3, -0.25) is 0 Å². The second-order valence-corrected chi connectivity index (χ2v) is 6.93. The van der Waals surface area contributed by atoms with Crippen LogP contribution in [-0.4, -0.2) is 24.8 Å². The maximum absolute atomic E-state index is 6.32. The van der Waals surface area contributed by atoms with Crippen LogP contribution >= 0.6 is 0 Å². The van der Waals surface area contributed by atoms with E-state index in [1.807, 2.05) is 0 Å². The minimum Gasteiger partial charge on any atom is -0.372 e. The lowest BCUT2D eigenvalue weighted by molar-refractivity contribution is -0.134. The zero-order chi connectivity index (χ0) is 12.4. The Morgan fingerprint density at radius 2 is 1.59 bits per heavy atom. The molecule has 2 rings (SSSR count). The molecular formula is C15H29NO. The Labute approximate surface area is 107 Å². The van der Waals surface area contributed by atoms with E-state index in [4.69, 9.17) is 4.74 Å². The van der Waals surface area contributed by atoms with Crippen LogP contribution in [0.25, 0.3) is 0 Å². The molecule has 0 amide bonds. The Balaban J connectivity index is 2.16. The Morgan fingerprint density at radius 3 is 2.18 bits per heavy atom. The maximum atomic E-state index is 6.32. The smallest absolute Gasteiger partial charge is 0.0840 e. The zero-order valence-electron chi connectivity index (χ0n) is 11.8. The lowest BCUT2D eigenvalue weighted by Gasteiger charge is -2.51. The van der Waals surface area contributed by atoms with E-state index in [0.717, 1.165) is 13.2 Å². The maximum Gasteiger partial charge on any atom is 0.0840 e. The first-order valence-electron chi connectivity index (χ1n) is 7.42. The largest absolute Gasteiger partial charge is 0.372 e. The van der Waals surface area contributed by atoms with Crippen molar-refractivity contribution in [1.29, 1.82) is 0 Å². The van der Waals surface area contributed by atoms with E-state index >= 15 is 0 Å². The molecule has 100 valence electrons. The van der Waals surface area contributed by atoms with Gasteiger partial charge in [0.2, 0.25) is 0 Å². The highest BCUT2D eigenvalue weighted by Crippen LogP contribution is 2.40. The number of nitrogens with one attached hydrogen (secondary N) is 1. The van der Waals surface area contributed by atoms with Gasteiger partial charge in [0, 0.05) is 12.6 Å². The van der Waals surface area contributed by atoms with Gasteiger partial charge in [-0.25, -0.2) is 0 Å². The van der Waals surface area contributed by atoms with Crippen LogP contribution in [0.3, 0.4) is 0 Å². The average Bonchev–Trinajstić information content (AvgIpc) is 2.23. The van der Waals surface area contributed by atoms with E-state index < -0.39 is 0 Å². The van der Waals surface area contributed by atoms with Crippen LogP contribution in [0.5, 0.6) is 0 Å². The van der Waals surface area contributed by atoms with Gasteiger partial charge in [-0.1, -0.05) is 52.9 Å². The Hall–Kier alpha value is -0.0800. The van der Waals surface area contributed by atoms with E-state index in [-0.39, 0.29) is 5.60 Å². The summed E-state index contributed by atoms with van der Waals surface area (Å²) in [4.78, 5) is 0. The van der Waals surface area contributed by atoms with Crippen LogP contribution in [0.2, 0.25) is 0 Å². The number of ether oxygens (including phenoxy) is 1. The molecule has 2 fully saturated rings. The van der Waals surface area contributed by atoms with Crippen LogP contribution in [-0.2, 0) is 4.74 Å². The summed E-state index contributed by atoms with van der Waals surface area (Å²) in [6.45, 7) is 8.95. The molecule has 2 nitrogen and oxygen atoms in total. The second-order valence-electron chi connectivity index (χ2n) is 6.93. The number of hydrogen-bond acceptors (Lipinski definition) is 2. The van der Waals surface area contributed by atoms with E-state index in [1.165, 1.54) is 44.9 Å². The highest BCUT2D eigenvalue weighted by Gasteiger charge is 2.46. The van der Waals surface area contributed by atoms with Gasteiger partial charge in [-0.05, 0) is 18.3 Å². The van der Waals surface area contributed by atoms with Gasteiger partial charge in [0.1, 0.15) is 0 Å². The van der Waals surface area contributed by atoms with Gasteiger partial charge in [0.15, 0.2) is 0 Å². The lowest BCUT2D eigenvalue weighted by atomic mass is 9.70. The molecule has 1 unspecified atom stereocenters. The number of morpholine rings is 1. The number of rotatable bonds is 0. The van der Waals surface area contributed by atoms with Crippen molar-refractivity contribution >= 4 is 0 Å². The van der Waals surface area contributed by atoms with Crippen LogP contribution in [0.1, 0.15) is 65.7 Å². The molecule has 1 atom stereocenters. The summed E-state index contributed by atoms with van der Waals surface area (Å²) in [5.41, 5.74) is 0.413. The molecule has 0 radical (unpaired) electrons. The molecule has 17 heavy (non-hydrogen) atoms. The number of hydrogen-bond donors (Lipinski definition) is 1. The Kier molecular flexibility index (Phi) is 4.14. The molecule has 0 aromatic heterocycles. The first-order valence-corrected chi connectivity index (χ1v) is 7.42. The van der Waals surface area contributed by atoms with Crippen molar-refractivity contribution in [2.24, 2.45) is 5.41 Å². The van der Waals surface area contributed by atoms with E-state index in [0.29, 0.717) is 11.5 Å². The SMILES string of the molecule is CC(C)(C)C1NCCOC12CCCCCCC2. The Morgan fingerprint density at radius 1 is 1.00 bits per heavy atom. The monoisotopic (exact) mass is 239 g/mol. The molecule has 0 bridgehead atoms.